The van der Waals surface area contributed by atoms with Gasteiger partial charge in [0.2, 0.25) is 0 Å². The third kappa shape index (κ3) is 2.50. The van der Waals surface area contributed by atoms with Gasteiger partial charge >= 0.3 is 0 Å². The fraction of sp³-hybridized carbons (Fsp3) is 0.600. The summed E-state index contributed by atoms with van der Waals surface area (Å²) < 4.78 is 0. The molecule has 0 N–H and O–H groups in total. The summed E-state index contributed by atoms with van der Waals surface area (Å²) in [6, 6.07) is 0. The van der Waals surface area contributed by atoms with Crippen molar-refractivity contribution in [2.24, 2.45) is 5.92 Å². The van der Waals surface area contributed by atoms with Crippen LogP contribution < -0.4 is 0 Å². The summed E-state index contributed by atoms with van der Waals surface area (Å²) in [4.78, 5) is 0. The van der Waals surface area contributed by atoms with Crippen LogP contribution in [0.25, 0.3) is 0 Å². The lowest BCUT2D eigenvalue weighted by atomic mass is 10.2. The van der Waals surface area contributed by atoms with Crippen molar-refractivity contribution in [2.45, 2.75) is 0 Å². The maximum absolute atomic E-state index is 5.24. The van der Waals surface area contributed by atoms with Gasteiger partial charge in [-0.05, 0) is 18.7 Å². The molecule has 0 aromatic heterocycles. The predicted octanol–water partition coefficient (Wildman–Crippen LogP) is 1.63. The molecule has 0 aromatic carbocycles. The van der Waals surface area contributed by atoms with Crippen molar-refractivity contribution >= 4 is 40.3 Å². The van der Waals surface area contributed by atoms with Crippen molar-refractivity contribution in [1.82, 2.24) is 0 Å². The standard InChI is InChI=1S/C5H6S4/c1-2-5-3-7-9(6)8-4-5/h1,5H,3-4H2. The SMILES string of the molecule is C#CC1CSS(=S)SC1. The average Bonchev–Trinajstić information content (AvgIpc) is 1.90. The monoisotopic (exact) mass is 194 g/mol. The van der Waals surface area contributed by atoms with Crippen LogP contribution in [-0.4, -0.2) is 11.5 Å². The van der Waals surface area contributed by atoms with Crippen LogP contribution in [0.4, 0.5) is 0 Å². The molecule has 0 spiro atoms. The first-order valence-electron chi connectivity index (χ1n) is 2.47. The van der Waals surface area contributed by atoms with Gasteiger partial charge in [0.05, 0.1) is 0 Å². The minimum absolute atomic E-state index is 0.109. The molecule has 0 radical (unpaired) electrons. The van der Waals surface area contributed by atoms with Crippen molar-refractivity contribution in [3.63, 3.8) is 0 Å². The molecule has 0 aliphatic carbocycles. The zero-order valence-corrected chi connectivity index (χ0v) is 7.97. The fourth-order valence-corrected chi connectivity index (χ4v) is 6.12. The Labute approximate surface area is 69.9 Å². The zero-order valence-electron chi connectivity index (χ0n) is 4.70. The first-order valence-corrected chi connectivity index (χ1v) is 7.63. The van der Waals surface area contributed by atoms with Crippen LogP contribution in [0.5, 0.6) is 0 Å². The molecule has 1 rings (SSSR count). The van der Waals surface area contributed by atoms with E-state index in [2.05, 4.69) is 5.92 Å². The van der Waals surface area contributed by atoms with E-state index in [1.807, 2.05) is 21.6 Å². The molecular weight excluding hydrogens is 188 g/mol. The molecule has 1 aliphatic heterocycles. The van der Waals surface area contributed by atoms with Gasteiger partial charge in [-0.25, -0.2) is 0 Å². The molecule has 1 heterocycles. The molecule has 0 unspecified atom stereocenters. The Balaban J connectivity index is 2.37. The summed E-state index contributed by atoms with van der Waals surface area (Å²) >= 11 is 5.07. The first-order chi connectivity index (χ1) is 4.33. The highest BCUT2D eigenvalue weighted by Gasteiger charge is 2.13. The predicted molar refractivity (Wildman–Crippen MR) is 52.0 cm³/mol. The Hall–Kier alpha value is 0.830. The first kappa shape index (κ1) is 7.93. The molecule has 0 bridgehead atoms. The highest BCUT2D eigenvalue weighted by Crippen LogP contribution is 2.31. The van der Waals surface area contributed by atoms with Gasteiger partial charge in [0.15, 0.2) is 0 Å². The largest absolute Gasteiger partial charge is 0.120 e. The molecule has 50 valence electrons. The smallest absolute Gasteiger partial charge is 0.0398 e. The van der Waals surface area contributed by atoms with E-state index < -0.39 is 0 Å². The fourth-order valence-electron chi connectivity index (χ4n) is 0.454. The van der Waals surface area contributed by atoms with Gasteiger partial charge in [0.1, 0.15) is 0 Å². The van der Waals surface area contributed by atoms with E-state index in [9.17, 15) is 0 Å². The number of terminal acetylenes is 1. The van der Waals surface area contributed by atoms with Crippen LogP contribution in [0.2, 0.25) is 0 Å². The van der Waals surface area contributed by atoms with Crippen molar-refractivity contribution in [3.8, 4) is 12.3 Å². The van der Waals surface area contributed by atoms with Crippen LogP contribution >= 0.6 is 21.6 Å². The Kier molecular flexibility index (Phi) is 3.41. The van der Waals surface area contributed by atoms with E-state index in [0.29, 0.717) is 5.92 Å². The minimum atomic E-state index is 0.109. The van der Waals surface area contributed by atoms with Gasteiger partial charge in [0.25, 0.3) is 0 Å². The summed E-state index contributed by atoms with van der Waals surface area (Å²) in [5.74, 6) is 5.34. The molecule has 0 nitrogen and oxygen atoms in total. The second kappa shape index (κ2) is 3.87. The molecular formula is C5H6S4. The Morgan fingerprint density at radius 1 is 1.56 bits per heavy atom. The van der Waals surface area contributed by atoms with E-state index in [-0.39, 0.29) is 7.52 Å². The normalized spacial score (nSPS) is 35.4. The van der Waals surface area contributed by atoms with E-state index in [4.69, 9.17) is 17.6 Å². The zero-order chi connectivity index (χ0) is 6.69. The van der Waals surface area contributed by atoms with Gasteiger partial charge < -0.3 is 0 Å². The maximum atomic E-state index is 5.24. The second-order valence-electron chi connectivity index (χ2n) is 1.64. The molecule has 0 saturated carbocycles. The molecule has 9 heavy (non-hydrogen) atoms. The minimum Gasteiger partial charge on any atom is -0.120 e. The lowest BCUT2D eigenvalue weighted by molar-refractivity contribution is 0.904. The summed E-state index contributed by atoms with van der Waals surface area (Å²) in [5.41, 5.74) is 0. The lowest BCUT2D eigenvalue weighted by Gasteiger charge is -2.15. The summed E-state index contributed by atoms with van der Waals surface area (Å²) in [6.07, 6.45) is 5.24. The van der Waals surface area contributed by atoms with Crippen LogP contribution in [-0.2, 0) is 18.7 Å². The second-order valence-corrected chi connectivity index (χ2v) is 9.50. The van der Waals surface area contributed by atoms with E-state index in [1.54, 1.807) is 0 Å². The quantitative estimate of drug-likeness (QED) is 0.425. The van der Waals surface area contributed by atoms with E-state index in [1.165, 1.54) is 0 Å². The van der Waals surface area contributed by atoms with Crippen LogP contribution in [0.3, 0.4) is 0 Å². The molecule has 0 aromatic rings. The van der Waals surface area contributed by atoms with E-state index >= 15 is 0 Å². The number of hydrogen-bond acceptors (Lipinski definition) is 3. The van der Waals surface area contributed by atoms with Crippen LogP contribution in [0.1, 0.15) is 0 Å². The van der Waals surface area contributed by atoms with Gasteiger partial charge in [-0.2, -0.15) is 0 Å². The molecule has 4 heteroatoms. The Morgan fingerprint density at radius 2 is 2.11 bits per heavy atom. The maximum Gasteiger partial charge on any atom is 0.0398 e. The highest BCUT2D eigenvalue weighted by atomic mass is 33.7. The summed E-state index contributed by atoms with van der Waals surface area (Å²) in [7, 11) is 3.74. The number of rotatable bonds is 0. The van der Waals surface area contributed by atoms with Gasteiger partial charge in [-0.3, -0.25) is 0 Å². The Morgan fingerprint density at radius 3 is 2.56 bits per heavy atom. The highest BCUT2D eigenvalue weighted by molar-refractivity contribution is 9.12. The lowest BCUT2D eigenvalue weighted by Crippen LogP contribution is -2.08. The van der Waals surface area contributed by atoms with E-state index in [0.717, 1.165) is 11.5 Å². The van der Waals surface area contributed by atoms with Crippen LogP contribution in [0, 0.1) is 18.3 Å². The van der Waals surface area contributed by atoms with Crippen molar-refractivity contribution in [1.29, 1.82) is 0 Å². The molecule has 0 atom stereocenters. The van der Waals surface area contributed by atoms with Crippen molar-refractivity contribution in [3.05, 3.63) is 0 Å². The summed E-state index contributed by atoms with van der Waals surface area (Å²) in [5, 5.41) is 0. The average molecular weight is 194 g/mol. The molecule has 1 saturated heterocycles. The number of hydrogen-bond donors (Lipinski definition) is 0. The Bertz CT molecular complexity index is 147. The molecule has 1 aliphatic rings. The van der Waals surface area contributed by atoms with Gasteiger partial charge in [-0.15, -0.1) is 12.3 Å². The summed E-state index contributed by atoms with van der Waals surface area (Å²) in [6.45, 7) is 0. The topological polar surface area (TPSA) is 0 Å². The van der Waals surface area contributed by atoms with Crippen molar-refractivity contribution in [2.75, 3.05) is 11.5 Å². The van der Waals surface area contributed by atoms with Gasteiger partial charge in [-0.1, -0.05) is 21.6 Å². The van der Waals surface area contributed by atoms with Gasteiger partial charge in [0, 0.05) is 17.4 Å². The third-order valence-corrected chi connectivity index (χ3v) is 7.86. The molecule has 0 amide bonds. The third-order valence-electron chi connectivity index (χ3n) is 0.967. The van der Waals surface area contributed by atoms with Crippen molar-refractivity contribution < 1.29 is 0 Å². The molecule has 1 fully saturated rings. The van der Waals surface area contributed by atoms with Crippen LogP contribution in [0.15, 0.2) is 0 Å².